The fraction of sp³-hybridized carbons (Fsp3) is 0.235. The minimum absolute atomic E-state index is 0.263. The number of carboxylic acids is 1. The Morgan fingerprint density at radius 1 is 1.05 bits per heavy atom. The normalized spacial score (nSPS) is 13.5. The van der Waals surface area contributed by atoms with Crippen LogP contribution in [0, 0.1) is 0 Å². The summed E-state index contributed by atoms with van der Waals surface area (Å²) in [6.07, 6.45) is 0.992. The van der Waals surface area contributed by atoms with Crippen LogP contribution in [0.2, 0.25) is 0 Å². The topological polar surface area (TPSA) is 54.4 Å². The van der Waals surface area contributed by atoms with E-state index < -0.39 is 22.0 Å². The van der Waals surface area contributed by atoms with Crippen molar-refractivity contribution in [1.82, 2.24) is 0 Å². The molecule has 0 aromatic heterocycles. The first-order valence-electron chi connectivity index (χ1n) is 6.94. The molecule has 3 nitrogen and oxygen atoms in total. The standard InChI is InChI=1S/C17H17BrO3S/c18-15-9-6-14(7-10-15)12-22(21)16(17(19)20)11-8-13-4-2-1-3-5-13/h1-7,9-10,16H,8,11-12H2,(H,19,20). The minimum atomic E-state index is -1.43. The lowest BCUT2D eigenvalue weighted by Gasteiger charge is -2.12. The third-order valence-electron chi connectivity index (χ3n) is 3.35. The second-order valence-electron chi connectivity index (χ2n) is 5.00. The molecule has 22 heavy (non-hydrogen) atoms. The summed E-state index contributed by atoms with van der Waals surface area (Å²) in [6, 6.07) is 17.1. The second-order valence-corrected chi connectivity index (χ2v) is 7.54. The molecular weight excluding hydrogens is 364 g/mol. The van der Waals surface area contributed by atoms with Crippen LogP contribution in [0.15, 0.2) is 59.1 Å². The van der Waals surface area contributed by atoms with Crippen LogP contribution in [0.3, 0.4) is 0 Å². The fourth-order valence-electron chi connectivity index (χ4n) is 2.16. The van der Waals surface area contributed by atoms with Crippen LogP contribution < -0.4 is 0 Å². The Bertz CT molecular complexity index is 641. The number of carboxylic acid groups (broad SMARTS) is 1. The average Bonchev–Trinajstić information content (AvgIpc) is 2.50. The van der Waals surface area contributed by atoms with E-state index in [0.717, 1.165) is 15.6 Å². The summed E-state index contributed by atoms with van der Waals surface area (Å²) >= 11 is 3.34. The van der Waals surface area contributed by atoms with Gasteiger partial charge in [-0.25, -0.2) is 0 Å². The quantitative estimate of drug-likeness (QED) is 0.794. The number of aliphatic carboxylic acids is 1. The third-order valence-corrected chi connectivity index (χ3v) is 5.57. The molecule has 2 rings (SSSR count). The maximum Gasteiger partial charge on any atom is 0.319 e. The first-order valence-corrected chi connectivity index (χ1v) is 9.12. The van der Waals surface area contributed by atoms with Crippen molar-refractivity contribution in [2.45, 2.75) is 23.8 Å². The van der Waals surface area contributed by atoms with Gasteiger partial charge in [0.2, 0.25) is 0 Å². The van der Waals surface area contributed by atoms with Gasteiger partial charge in [0, 0.05) is 21.0 Å². The second kappa shape index (κ2) is 8.25. The fourth-order valence-corrected chi connectivity index (χ4v) is 3.75. The Labute approximate surface area is 141 Å². The molecule has 0 fully saturated rings. The zero-order valence-electron chi connectivity index (χ0n) is 11.9. The SMILES string of the molecule is O=C(O)C(CCc1ccccc1)S(=O)Cc1ccc(Br)cc1. The molecule has 0 spiro atoms. The van der Waals surface area contributed by atoms with Crippen LogP contribution in [0.4, 0.5) is 0 Å². The van der Waals surface area contributed by atoms with Crippen molar-refractivity contribution < 1.29 is 14.1 Å². The van der Waals surface area contributed by atoms with E-state index in [2.05, 4.69) is 15.9 Å². The summed E-state index contributed by atoms with van der Waals surface area (Å²) in [6.45, 7) is 0. The molecular formula is C17H17BrO3S. The number of benzene rings is 2. The highest BCUT2D eigenvalue weighted by Crippen LogP contribution is 2.16. The molecule has 0 bridgehead atoms. The lowest BCUT2D eigenvalue weighted by Crippen LogP contribution is -2.27. The van der Waals surface area contributed by atoms with Crippen LogP contribution in [0.5, 0.6) is 0 Å². The third kappa shape index (κ3) is 5.07. The number of rotatable bonds is 7. The predicted octanol–water partition coefficient (Wildman–Crippen LogP) is 3.78. The van der Waals surface area contributed by atoms with Crippen molar-refractivity contribution in [1.29, 1.82) is 0 Å². The molecule has 0 amide bonds. The van der Waals surface area contributed by atoms with E-state index in [4.69, 9.17) is 0 Å². The molecule has 2 unspecified atom stereocenters. The molecule has 5 heteroatoms. The van der Waals surface area contributed by atoms with Gasteiger partial charge >= 0.3 is 5.97 Å². The molecule has 116 valence electrons. The van der Waals surface area contributed by atoms with E-state index in [1.807, 2.05) is 54.6 Å². The summed E-state index contributed by atoms with van der Waals surface area (Å²) < 4.78 is 13.3. The van der Waals surface area contributed by atoms with Crippen molar-refractivity contribution in [3.63, 3.8) is 0 Å². The van der Waals surface area contributed by atoms with Gasteiger partial charge in [0.05, 0.1) is 0 Å². The summed E-state index contributed by atoms with van der Waals surface area (Å²) in [5.74, 6) is -0.731. The molecule has 0 saturated carbocycles. The van der Waals surface area contributed by atoms with Crippen LogP contribution in [0.1, 0.15) is 17.5 Å². The number of halogens is 1. The molecule has 0 saturated heterocycles. The summed E-state index contributed by atoms with van der Waals surface area (Å²) in [5, 5.41) is 8.50. The highest BCUT2D eigenvalue weighted by atomic mass is 79.9. The minimum Gasteiger partial charge on any atom is -0.480 e. The van der Waals surface area contributed by atoms with Crippen molar-refractivity contribution in [3.8, 4) is 0 Å². The van der Waals surface area contributed by atoms with Crippen LogP contribution in [-0.4, -0.2) is 20.5 Å². The molecule has 2 aromatic carbocycles. The summed E-state index contributed by atoms with van der Waals surface area (Å²) in [5.41, 5.74) is 1.95. The van der Waals surface area contributed by atoms with E-state index in [0.29, 0.717) is 12.8 Å². The van der Waals surface area contributed by atoms with Gasteiger partial charge in [0.25, 0.3) is 0 Å². The number of aryl methyl sites for hydroxylation is 1. The maximum atomic E-state index is 12.4. The van der Waals surface area contributed by atoms with Crippen LogP contribution >= 0.6 is 15.9 Å². The first kappa shape index (κ1) is 16.9. The van der Waals surface area contributed by atoms with E-state index in [1.165, 1.54) is 0 Å². The molecule has 2 atom stereocenters. The largest absolute Gasteiger partial charge is 0.480 e. The molecule has 1 N–H and O–H groups in total. The van der Waals surface area contributed by atoms with E-state index in [1.54, 1.807) is 0 Å². The Hall–Kier alpha value is -1.46. The summed E-state index contributed by atoms with van der Waals surface area (Å²) in [4.78, 5) is 11.4. The van der Waals surface area contributed by atoms with Crippen molar-refractivity contribution in [2.75, 3.05) is 0 Å². The number of hydrogen-bond acceptors (Lipinski definition) is 2. The van der Waals surface area contributed by atoms with Gasteiger partial charge in [-0.2, -0.15) is 0 Å². The van der Waals surface area contributed by atoms with Gasteiger partial charge in [-0.1, -0.05) is 58.4 Å². The molecule has 0 radical (unpaired) electrons. The molecule has 0 aliphatic rings. The van der Waals surface area contributed by atoms with Gasteiger partial charge in [0.1, 0.15) is 5.25 Å². The zero-order valence-corrected chi connectivity index (χ0v) is 14.3. The predicted molar refractivity (Wildman–Crippen MR) is 92.2 cm³/mol. The van der Waals surface area contributed by atoms with Crippen LogP contribution in [-0.2, 0) is 27.8 Å². The molecule has 2 aromatic rings. The van der Waals surface area contributed by atoms with Gasteiger partial charge in [-0.15, -0.1) is 0 Å². The lowest BCUT2D eigenvalue weighted by molar-refractivity contribution is -0.136. The lowest BCUT2D eigenvalue weighted by atomic mass is 10.1. The van der Waals surface area contributed by atoms with Gasteiger partial charge in [-0.3, -0.25) is 9.00 Å². The monoisotopic (exact) mass is 380 g/mol. The Morgan fingerprint density at radius 3 is 2.27 bits per heavy atom. The number of hydrogen-bond donors (Lipinski definition) is 1. The Morgan fingerprint density at radius 2 is 1.68 bits per heavy atom. The smallest absolute Gasteiger partial charge is 0.319 e. The summed E-state index contributed by atoms with van der Waals surface area (Å²) in [7, 11) is -1.43. The van der Waals surface area contributed by atoms with Gasteiger partial charge < -0.3 is 5.11 Å². The van der Waals surface area contributed by atoms with E-state index in [-0.39, 0.29) is 5.75 Å². The average molecular weight is 381 g/mol. The number of carbonyl (C=O) groups is 1. The highest BCUT2D eigenvalue weighted by Gasteiger charge is 2.24. The van der Waals surface area contributed by atoms with E-state index >= 15 is 0 Å². The Balaban J connectivity index is 1.99. The van der Waals surface area contributed by atoms with E-state index in [9.17, 15) is 14.1 Å². The van der Waals surface area contributed by atoms with Crippen molar-refractivity contribution >= 4 is 32.7 Å². The Kier molecular flexibility index (Phi) is 6.34. The molecule has 0 aliphatic heterocycles. The molecule has 0 heterocycles. The molecule has 0 aliphatic carbocycles. The zero-order chi connectivity index (χ0) is 15.9. The van der Waals surface area contributed by atoms with Gasteiger partial charge in [-0.05, 0) is 36.1 Å². The first-order chi connectivity index (χ1) is 10.6. The van der Waals surface area contributed by atoms with Crippen molar-refractivity contribution in [2.24, 2.45) is 0 Å². The van der Waals surface area contributed by atoms with Gasteiger partial charge in [0.15, 0.2) is 0 Å². The highest BCUT2D eigenvalue weighted by molar-refractivity contribution is 9.10. The van der Waals surface area contributed by atoms with Crippen LogP contribution in [0.25, 0.3) is 0 Å². The van der Waals surface area contributed by atoms with Crippen molar-refractivity contribution in [3.05, 3.63) is 70.2 Å². The maximum absolute atomic E-state index is 12.4.